The molecule has 0 radical (unpaired) electrons. The SMILES string of the molecule is CN1CCC(c2cc(C=O)n[nH]2)CC1. The monoisotopic (exact) mass is 193 g/mol. The second kappa shape index (κ2) is 3.92. The molecule has 0 unspecified atom stereocenters. The highest BCUT2D eigenvalue weighted by molar-refractivity contribution is 5.71. The van der Waals surface area contributed by atoms with Gasteiger partial charge in [0.1, 0.15) is 5.69 Å². The minimum atomic E-state index is 0.513. The lowest BCUT2D eigenvalue weighted by molar-refractivity contribution is 0.111. The van der Waals surface area contributed by atoms with Gasteiger partial charge in [-0.3, -0.25) is 9.89 Å². The Labute approximate surface area is 83.3 Å². The Morgan fingerprint density at radius 1 is 1.57 bits per heavy atom. The fourth-order valence-electron chi connectivity index (χ4n) is 1.94. The van der Waals surface area contributed by atoms with Crippen LogP contribution in [0.5, 0.6) is 0 Å². The topological polar surface area (TPSA) is 49.0 Å². The summed E-state index contributed by atoms with van der Waals surface area (Å²) in [6.45, 7) is 2.25. The number of rotatable bonds is 2. The van der Waals surface area contributed by atoms with Crippen molar-refractivity contribution in [3.8, 4) is 0 Å². The van der Waals surface area contributed by atoms with Crippen molar-refractivity contribution in [1.29, 1.82) is 0 Å². The molecule has 0 aliphatic carbocycles. The Morgan fingerprint density at radius 3 is 2.86 bits per heavy atom. The highest BCUT2D eigenvalue weighted by Gasteiger charge is 2.19. The number of aromatic nitrogens is 2. The first-order chi connectivity index (χ1) is 6.79. The summed E-state index contributed by atoms with van der Waals surface area (Å²) in [7, 11) is 2.14. The molecular formula is C10H15N3O. The summed E-state index contributed by atoms with van der Waals surface area (Å²) in [4.78, 5) is 12.8. The van der Waals surface area contributed by atoms with Crippen LogP contribution in [-0.4, -0.2) is 41.5 Å². The maximum atomic E-state index is 10.5. The van der Waals surface area contributed by atoms with Crippen molar-refractivity contribution in [3.05, 3.63) is 17.5 Å². The minimum Gasteiger partial charge on any atom is -0.306 e. The third-order valence-electron chi connectivity index (χ3n) is 2.90. The molecule has 1 fully saturated rings. The van der Waals surface area contributed by atoms with Gasteiger partial charge in [-0.05, 0) is 39.0 Å². The van der Waals surface area contributed by atoms with E-state index in [2.05, 4.69) is 22.1 Å². The number of H-pyrrole nitrogens is 1. The van der Waals surface area contributed by atoms with Gasteiger partial charge < -0.3 is 4.90 Å². The Kier molecular flexibility index (Phi) is 2.63. The van der Waals surface area contributed by atoms with Crippen LogP contribution in [0.1, 0.15) is 34.9 Å². The molecule has 4 heteroatoms. The van der Waals surface area contributed by atoms with E-state index in [9.17, 15) is 4.79 Å². The van der Waals surface area contributed by atoms with Crippen molar-refractivity contribution in [1.82, 2.24) is 15.1 Å². The molecule has 0 bridgehead atoms. The molecule has 76 valence electrons. The number of nitrogens with zero attached hydrogens (tertiary/aromatic N) is 2. The Morgan fingerprint density at radius 2 is 2.29 bits per heavy atom. The van der Waals surface area contributed by atoms with Crippen molar-refractivity contribution < 1.29 is 4.79 Å². The third kappa shape index (κ3) is 1.85. The summed E-state index contributed by atoms with van der Waals surface area (Å²) in [5.41, 5.74) is 1.62. The molecule has 2 rings (SSSR count). The van der Waals surface area contributed by atoms with Crippen LogP contribution in [0.4, 0.5) is 0 Å². The van der Waals surface area contributed by atoms with Crippen LogP contribution in [0.25, 0.3) is 0 Å². The van der Waals surface area contributed by atoms with E-state index in [-0.39, 0.29) is 0 Å². The summed E-state index contributed by atoms with van der Waals surface area (Å²) in [6, 6.07) is 1.86. The number of carbonyl (C=O) groups is 1. The van der Waals surface area contributed by atoms with E-state index in [4.69, 9.17) is 0 Å². The van der Waals surface area contributed by atoms with Gasteiger partial charge in [0.25, 0.3) is 0 Å². The van der Waals surface area contributed by atoms with E-state index >= 15 is 0 Å². The molecule has 0 aromatic carbocycles. The number of likely N-dealkylation sites (tertiary alicyclic amines) is 1. The van der Waals surface area contributed by atoms with Crippen LogP contribution >= 0.6 is 0 Å². The Bertz CT molecular complexity index is 313. The standard InChI is InChI=1S/C10H15N3O/c1-13-4-2-8(3-5-13)10-6-9(7-14)11-12-10/h6-8H,2-5H2,1H3,(H,11,12). The summed E-state index contributed by atoms with van der Waals surface area (Å²) < 4.78 is 0. The molecule has 0 amide bonds. The molecule has 1 aromatic heterocycles. The maximum absolute atomic E-state index is 10.5. The first-order valence-electron chi connectivity index (χ1n) is 4.98. The quantitative estimate of drug-likeness (QED) is 0.714. The van der Waals surface area contributed by atoms with Gasteiger partial charge in [0.05, 0.1) is 0 Å². The second-order valence-corrected chi connectivity index (χ2v) is 3.94. The van der Waals surface area contributed by atoms with Gasteiger partial charge in [-0.2, -0.15) is 5.10 Å². The van der Waals surface area contributed by atoms with Crippen molar-refractivity contribution in [3.63, 3.8) is 0 Å². The van der Waals surface area contributed by atoms with Crippen LogP contribution < -0.4 is 0 Å². The van der Waals surface area contributed by atoms with E-state index < -0.39 is 0 Å². The predicted molar refractivity (Wildman–Crippen MR) is 53.4 cm³/mol. The lowest BCUT2D eigenvalue weighted by atomic mass is 9.94. The number of carbonyl (C=O) groups excluding carboxylic acids is 1. The van der Waals surface area contributed by atoms with E-state index in [0.717, 1.165) is 37.9 Å². The molecule has 14 heavy (non-hydrogen) atoms. The second-order valence-electron chi connectivity index (χ2n) is 3.94. The summed E-state index contributed by atoms with van der Waals surface area (Å²) in [5.74, 6) is 0.549. The number of aldehydes is 1. The number of piperidine rings is 1. The zero-order chi connectivity index (χ0) is 9.97. The predicted octanol–water partition coefficient (Wildman–Crippen LogP) is 1.03. The zero-order valence-electron chi connectivity index (χ0n) is 8.36. The van der Waals surface area contributed by atoms with E-state index in [1.54, 1.807) is 0 Å². The minimum absolute atomic E-state index is 0.513. The van der Waals surface area contributed by atoms with Crippen molar-refractivity contribution in [2.24, 2.45) is 0 Å². The fraction of sp³-hybridized carbons (Fsp3) is 0.600. The Hall–Kier alpha value is -1.16. The van der Waals surface area contributed by atoms with E-state index in [1.165, 1.54) is 0 Å². The van der Waals surface area contributed by atoms with Crippen LogP contribution in [0, 0.1) is 0 Å². The van der Waals surface area contributed by atoms with Crippen molar-refractivity contribution in [2.45, 2.75) is 18.8 Å². The van der Waals surface area contributed by atoms with Crippen molar-refractivity contribution in [2.75, 3.05) is 20.1 Å². The molecule has 2 heterocycles. The largest absolute Gasteiger partial charge is 0.306 e. The highest BCUT2D eigenvalue weighted by atomic mass is 16.1. The van der Waals surface area contributed by atoms with Gasteiger partial charge in [-0.15, -0.1) is 0 Å². The fourth-order valence-corrected chi connectivity index (χ4v) is 1.94. The van der Waals surface area contributed by atoms with E-state index in [1.807, 2.05) is 6.07 Å². The molecule has 1 N–H and O–H groups in total. The molecule has 1 saturated heterocycles. The molecule has 1 aliphatic heterocycles. The lowest BCUT2D eigenvalue weighted by Crippen LogP contribution is -2.29. The Balaban J connectivity index is 2.04. The molecule has 0 atom stereocenters. The molecule has 4 nitrogen and oxygen atoms in total. The number of hydrogen-bond donors (Lipinski definition) is 1. The highest BCUT2D eigenvalue weighted by Crippen LogP contribution is 2.25. The van der Waals surface area contributed by atoms with Gasteiger partial charge >= 0.3 is 0 Å². The van der Waals surface area contributed by atoms with Crippen LogP contribution in [0.3, 0.4) is 0 Å². The molecule has 0 spiro atoms. The van der Waals surface area contributed by atoms with Crippen LogP contribution in [-0.2, 0) is 0 Å². The van der Waals surface area contributed by atoms with Crippen LogP contribution in [0.2, 0.25) is 0 Å². The van der Waals surface area contributed by atoms with Gasteiger partial charge in [0.2, 0.25) is 0 Å². The summed E-state index contributed by atoms with van der Waals surface area (Å²) in [5, 5.41) is 6.86. The summed E-state index contributed by atoms with van der Waals surface area (Å²) >= 11 is 0. The average molecular weight is 193 g/mol. The van der Waals surface area contributed by atoms with Gasteiger partial charge in [0.15, 0.2) is 6.29 Å². The molecule has 0 saturated carbocycles. The first kappa shape index (κ1) is 9.40. The molecular weight excluding hydrogens is 178 g/mol. The van der Waals surface area contributed by atoms with E-state index in [0.29, 0.717) is 11.6 Å². The smallest absolute Gasteiger partial charge is 0.170 e. The van der Waals surface area contributed by atoms with Crippen LogP contribution in [0.15, 0.2) is 6.07 Å². The number of aromatic amines is 1. The van der Waals surface area contributed by atoms with Crippen molar-refractivity contribution >= 4 is 6.29 Å². The number of nitrogens with one attached hydrogen (secondary N) is 1. The first-order valence-corrected chi connectivity index (χ1v) is 4.98. The van der Waals surface area contributed by atoms with Gasteiger partial charge in [-0.1, -0.05) is 0 Å². The normalized spacial score (nSPS) is 19.8. The number of hydrogen-bond acceptors (Lipinski definition) is 3. The maximum Gasteiger partial charge on any atom is 0.170 e. The molecule has 1 aromatic rings. The van der Waals surface area contributed by atoms with Gasteiger partial charge in [-0.25, -0.2) is 0 Å². The lowest BCUT2D eigenvalue weighted by Gasteiger charge is -2.27. The van der Waals surface area contributed by atoms with Gasteiger partial charge in [0, 0.05) is 11.6 Å². The summed E-state index contributed by atoms with van der Waals surface area (Å²) in [6.07, 6.45) is 3.09. The molecule has 1 aliphatic rings. The third-order valence-corrected chi connectivity index (χ3v) is 2.90. The average Bonchev–Trinajstić information content (AvgIpc) is 2.67. The zero-order valence-corrected chi connectivity index (χ0v) is 8.36.